The summed E-state index contributed by atoms with van der Waals surface area (Å²) in [7, 11) is 2.52. The second-order valence-corrected chi connectivity index (χ2v) is 10.9. The second kappa shape index (κ2) is 13.0. The predicted octanol–water partition coefficient (Wildman–Crippen LogP) is 4.01. The van der Waals surface area contributed by atoms with Crippen LogP contribution in [-0.2, 0) is 14.3 Å². The van der Waals surface area contributed by atoms with Gasteiger partial charge in [-0.1, -0.05) is 12.1 Å². The van der Waals surface area contributed by atoms with Crippen LogP contribution in [-0.4, -0.2) is 78.8 Å². The molecule has 12 heteroatoms. The molecule has 10 nitrogen and oxygen atoms in total. The number of aromatic nitrogens is 1. The van der Waals surface area contributed by atoms with E-state index in [-0.39, 0.29) is 29.5 Å². The zero-order chi connectivity index (χ0) is 29.8. The molecule has 3 aliphatic rings. The predicted molar refractivity (Wildman–Crippen MR) is 148 cm³/mol. The molecule has 2 aliphatic heterocycles. The first-order valence-electron chi connectivity index (χ1n) is 14.1. The summed E-state index contributed by atoms with van der Waals surface area (Å²) in [5, 5.41) is 5.47. The summed E-state index contributed by atoms with van der Waals surface area (Å²) in [6, 6.07) is 6.20. The molecular formula is C30H35F2N5O5. The highest BCUT2D eigenvalue weighted by molar-refractivity contribution is 6.01. The summed E-state index contributed by atoms with van der Waals surface area (Å²) in [5.41, 5.74) is 1.12. The molecule has 1 aromatic heterocycles. The number of nitrogens with zero attached hydrogens (tertiary/aromatic N) is 3. The molecule has 42 heavy (non-hydrogen) atoms. The van der Waals surface area contributed by atoms with Crippen molar-refractivity contribution in [3.05, 3.63) is 76.8 Å². The molecule has 2 atom stereocenters. The fourth-order valence-corrected chi connectivity index (χ4v) is 6.31. The van der Waals surface area contributed by atoms with Gasteiger partial charge in [-0.25, -0.2) is 28.1 Å². The van der Waals surface area contributed by atoms with Gasteiger partial charge in [-0.2, -0.15) is 0 Å². The highest BCUT2D eigenvalue weighted by Gasteiger charge is 2.44. The van der Waals surface area contributed by atoms with Crippen molar-refractivity contribution in [2.75, 3.05) is 33.9 Å². The highest BCUT2D eigenvalue weighted by atomic mass is 19.2. The molecule has 0 spiro atoms. The van der Waals surface area contributed by atoms with Gasteiger partial charge in [0.15, 0.2) is 11.6 Å². The number of likely N-dealkylation sites (tertiary alicyclic amines) is 1. The van der Waals surface area contributed by atoms with Crippen LogP contribution in [0.25, 0.3) is 0 Å². The lowest BCUT2D eigenvalue weighted by atomic mass is 9.83. The highest BCUT2D eigenvalue weighted by Crippen LogP contribution is 2.37. The molecule has 1 saturated heterocycles. The number of rotatable bonds is 7. The third-order valence-corrected chi connectivity index (χ3v) is 8.37. The SMILES string of the molecule is COCC1=C(C(=O)OC)C(c2ccc(F)c(F)c2)N(C(=O)NC2CCN(C3CCC(c4ccccn4)CC3)C2)C(=O)N1. The Morgan fingerprint density at radius 3 is 2.52 bits per heavy atom. The van der Waals surface area contributed by atoms with Crippen molar-refractivity contribution in [3.8, 4) is 0 Å². The van der Waals surface area contributed by atoms with Gasteiger partial charge in [-0.05, 0) is 61.9 Å². The van der Waals surface area contributed by atoms with Crippen molar-refractivity contribution in [3.63, 3.8) is 0 Å². The number of esters is 1. The first-order valence-corrected chi connectivity index (χ1v) is 14.1. The van der Waals surface area contributed by atoms with Gasteiger partial charge < -0.3 is 20.1 Å². The molecule has 5 rings (SSSR count). The van der Waals surface area contributed by atoms with Crippen LogP contribution in [0.3, 0.4) is 0 Å². The van der Waals surface area contributed by atoms with E-state index in [0.717, 1.165) is 62.1 Å². The summed E-state index contributed by atoms with van der Waals surface area (Å²) >= 11 is 0. The van der Waals surface area contributed by atoms with Crippen molar-refractivity contribution in [2.45, 2.75) is 56.1 Å². The third kappa shape index (κ3) is 6.14. The number of benzene rings is 1. The van der Waals surface area contributed by atoms with Crippen molar-refractivity contribution in [2.24, 2.45) is 0 Å². The van der Waals surface area contributed by atoms with Crippen LogP contribution in [0.5, 0.6) is 0 Å². The first kappa shape index (κ1) is 29.6. The third-order valence-electron chi connectivity index (χ3n) is 8.37. The van der Waals surface area contributed by atoms with E-state index < -0.39 is 35.7 Å². The number of amides is 4. The summed E-state index contributed by atoms with van der Waals surface area (Å²) < 4.78 is 38.2. The molecule has 3 heterocycles. The Balaban J connectivity index is 1.31. The normalized spacial score (nSPS) is 24.9. The number of imide groups is 1. The summed E-state index contributed by atoms with van der Waals surface area (Å²) in [4.78, 5) is 47.6. The van der Waals surface area contributed by atoms with E-state index in [1.54, 1.807) is 0 Å². The van der Waals surface area contributed by atoms with Crippen molar-refractivity contribution >= 4 is 18.0 Å². The minimum absolute atomic E-state index is 0.0330. The number of ether oxygens (including phenoxy) is 2. The van der Waals surface area contributed by atoms with Crippen LogP contribution in [0.4, 0.5) is 18.4 Å². The lowest BCUT2D eigenvalue weighted by Gasteiger charge is -2.37. The molecular weight excluding hydrogens is 548 g/mol. The van der Waals surface area contributed by atoms with Gasteiger partial charge in [0, 0.05) is 50.1 Å². The number of hydrogen-bond donors (Lipinski definition) is 2. The zero-order valence-electron chi connectivity index (χ0n) is 23.6. The molecule has 1 saturated carbocycles. The first-order chi connectivity index (χ1) is 20.3. The fourth-order valence-electron chi connectivity index (χ4n) is 6.31. The average molecular weight is 584 g/mol. The van der Waals surface area contributed by atoms with Crippen LogP contribution in [0.2, 0.25) is 0 Å². The van der Waals surface area contributed by atoms with E-state index in [4.69, 9.17) is 9.47 Å². The minimum Gasteiger partial charge on any atom is -0.466 e. The van der Waals surface area contributed by atoms with Crippen molar-refractivity contribution in [1.82, 2.24) is 25.4 Å². The number of urea groups is 2. The Bertz CT molecular complexity index is 1350. The van der Waals surface area contributed by atoms with Crippen molar-refractivity contribution < 1.29 is 32.6 Å². The minimum atomic E-state index is -1.37. The number of methoxy groups -OCH3 is 2. The zero-order valence-corrected chi connectivity index (χ0v) is 23.6. The van der Waals surface area contributed by atoms with E-state index in [1.165, 1.54) is 13.2 Å². The number of carbonyl (C=O) groups is 3. The molecule has 0 bridgehead atoms. The Kier molecular flexibility index (Phi) is 9.12. The summed E-state index contributed by atoms with van der Waals surface area (Å²) in [5.74, 6) is -2.68. The average Bonchev–Trinajstić information content (AvgIpc) is 3.47. The molecule has 4 amide bonds. The second-order valence-electron chi connectivity index (χ2n) is 10.9. The number of nitrogens with one attached hydrogen (secondary N) is 2. The van der Waals surface area contributed by atoms with Crippen LogP contribution in [0.1, 0.15) is 55.3 Å². The molecule has 2 unspecified atom stereocenters. The van der Waals surface area contributed by atoms with E-state index in [1.807, 2.05) is 18.3 Å². The van der Waals surface area contributed by atoms with E-state index in [9.17, 15) is 23.2 Å². The molecule has 2 fully saturated rings. The standard InChI is InChI=1S/C30H35F2N5O5/c1-41-17-25-26(28(38)42-2)27(19-8-11-22(31)23(32)15-19)37(30(40)35-25)29(39)34-20-12-14-36(16-20)21-9-6-18(7-10-21)24-5-3-4-13-33-24/h3-5,8,11,13,15,18,20-21,27H,6-7,9-10,12,14,16-17H2,1-2H3,(H,34,39)(H,35,40). The molecule has 2 N–H and O–H groups in total. The van der Waals surface area contributed by atoms with E-state index >= 15 is 0 Å². The smallest absolute Gasteiger partial charge is 0.338 e. The van der Waals surface area contributed by atoms with Crippen molar-refractivity contribution in [1.29, 1.82) is 0 Å². The van der Waals surface area contributed by atoms with Gasteiger partial charge in [0.05, 0.1) is 25.0 Å². The molecule has 0 radical (unpaired) electrons. The topological polar surface area (TPSA) is 113 Å². The Hall–Kier alpha value is -3.90. The Morgan fingerprint density at radius 2 is 1.86 bits per heavy atom. The maximum atomic E-state index is 14.3. The van der Waals surface area contributed by atoms with Gasteiger partial charge in [0.25, 0.3) is 0 Å². The van der Waals surface area contributed by atoms with Gasteiger partial charge in [0.2, 0.25) is 0 Å². The molecule has 1 aromatic carbocycles. The van der Waals surface area contributed by atoms with Crippen LogP contribution < -0.4 is 10.6 Å². The largest absolute Gasteiger partial charge is 0.466 e. The maximum absolute atomic E-state index is 14.3. The van der Waals surface area contributed by atoms with Gasteiger partial charge in [0.1, 0.15) is 6.04 Å². The number of hydrogen-bond acceptors (Lipinski definition) is 7. The monoisotopic (exact) mass is 583 g/mol. The lowest BCUT2D eigenvalue weighted by molar-refractivity contribution is -0.137. The molecule has 1 aliphatic carbocycles. The fraction of sp³-hybridized carbons (Fsp3) is 0.467. The summed E-state index contributed by atoms with van der Waals surface area (Å²) in [6.07, 6.45) is 6.68. The Labute approximate surface area is 243 Å². The quantitative estimate of drug-likeness (QED) is 0.474. The van der Waals surface area contributed by atoms with E-state index in [2.05, 4.69) is 26.6 Å². The van der Waals surface area contributed by atoms with Gasteiger partial charge in [-0.15, -0.1) is 0 Å². The summed E-state index contributed by atoms with van der Waals surface area (Å²) in [6.45, 7) is 1.24. The van der Waals surface area contributed by atoms with Crippen LogP contribution >= 0.6 is 0 Å². The lowest BCUT2D eigenvalue weighted by Crippen LogP contribution is -2.56. The number of pyridine rings is 1. The number of carbonyl (C=O) groups excluding carboxylic acids is 3. The molecule has 224 valence electrons. The van der Waals surface area contributed by atoms with Gasteiger partial charge in [-0.3, -0.25) is 9.88 Å². The van der Waals surface area contributed by atoms with Gasteiger partial charge >= 0.3 is 18.0 Å². The number of halogens is 2. The Morgan fingerprint density at radius 1 is 1.07 bits per heavy atom. The van der Waals surface area contributed by atoms with Crippen LogP contribution in [0, 0.1) is 11.6 Å². The van der Waals surface area contributed by atoms with E-state index in [0.29, 0.717) is 24.9 Å². The maximum Gasteiger partial charge on any atom is 0.338 e. The van der Waals surface area contributed by atoms with Crippen LogP contribution in [0.15, 0.2) is 53.9 Å². The molecule has 2 aromatic rings.